The van der Waals surface area contributed by atoms with Gasteiger partial charge in [-0.25, -0.2) is 4.90 Å². The molecule has 6 heteroatoms. The van der Waals surface area contributed by atoms with E-state index >= 15 is 0 Å². The lowest BCUT2D eigenvalue weighted by molar-refractivity contribution is -0.122. The quantitative estimate of drug-likeness (QED) is 0.820. The highest BCUT2D eigenvalue weighted by molar-refractivity contribution is 6.35. The second kappa shape index (κ2) is 4.67. The van der Waals surface area contributed by atoms with Crippen LogP contribution in [0.5, 0.6) is 5.75 Å². The number of benzene rings is 2. The largest absolute Gasteiger partial charge is 0.479 e. The summed E-state index contributed by atoms with van der Waals surface area (Å²) in [6.07, 6.45) is -0.625. The van der Waals surface area contributed by atoms with Gasteiger partial charge in [0, 0.05) is 0 Å². The first-order valence-corrected chi connectivity index (χ1v) is 7.16. The molecule has 2 aliphatic rings. The van der Waals surface area contributed by atoms with Gasteiger partial charge in [-0.3, -0.25) is 14.4 Å². The monoisotopic (exact) mass is 308 g/mol. The lowest BCUT2D eigenvalue weighted by Crippen LogP contribution is -2.37. The summed E-state index contributed by atoms with van der Waals surface area (Å²) in [5.74, 6) is -0.702. The van der Waals surface area contributed by atoms with E-state index in [-0.39, 0.29) is 5.91 Å². The van der Waals surface area contributed by atoms with Gasteiger partial charge in [-0.05, 0) is 31.2 Å². The summed E-state index contributed by atoms with van der Waals surface area (Å²) in [5, 5.41) is 2.71. The second-order valence-corrected chi connectivity index (χ2v) is 5.39. The van der Waals surface area contributed by atoms with Crippen molar-refractivity contribution in [2.75, 3.05) is 10.2 Å². The van der Waals surface area contributed by atoms with Crippen molar-refractivity contribution in [3.8, 4) is 5.75 Å². The van der Waals surface area contributed by atoms with E-state index in [1.807, 2.05) is 0 Å². The number of carbonyl (C=O) groups excluding carboxylic acids is 3. The fourth-order valence-corrected chi connectivity index (χ4v) is 2.81. The lowest BCUT2D eigenvalue weighted by atomic mass is 10.1. The Balaban J connectivity index is 1.85. The number of hydrogen-bond donors (Lipinski definition) is 1. The van der Waals surface area contributed by atoms with E-state index in [0.29, 0.717) is 28.3 Å². The maximum atomic E-state index is 12.6. The Morgan fingerprint density at radius 2 is 1.61 bits per heavy atom. The third kappa shape index (κ3) is 1.85. The number of hydrogen-bond acceptors (Lipinski definition) is 4. The topological polar surface area (TPSA) is 75.7 Å². The molecule has 0 bridgehead atoms. The van der Waals surface area contributed by atoms with Crippen LogP contribution in [-0.4, -0.2) is 23.8 Å². The smallest absolute Gasteiger partial charge is 0.266 e. The van der Waals surface area contributed by atoms with Crippen molar-refractivity contribution in [3.05, 3.63) is 53.6 Å². The number of anilines is 2. The normalized spacial score (nSPS) is 19.1. The van der Waals surface area contributed by atoms with Crippen LogP contribution < -0.4 is 15.0 Å². The standard InChI is InChI=1S/C17H12N2O4/c1-9-15(20)18-14-12(7-4-8-13(14)23-9)19-16(21)10-5-2-3-6-11(10)17(19)22/h2-9H,1H3,(H,18,20). The zero-order valence-electron chi connectivity index (χ0n) is 12.2. The van der Waals surface area contributed by atoms with Crippen molar-refractivity contribution in [2.24, 2.45) is 0 Å². The van der Waals surface area contributed by atoms with Gasteiger partial charge in [0.25, 0.3) is 17.7 Å². The van der Waals surface area contributed by atoms with Crippen LogP contribution in [0.3, 0.4) is 0 Å². The zero-order valence-corrected chi connectivity index (χ0v) is 12.2. The van der Waals surface area contributed by atoms with Crippen molar-refractivity contribution in [2.45, 2.75) is 13.0 Å². The van der Waals surface area contributed by atoms with Crippen LogP contribution in [0.25, 0.3) is 0 Å². The summed E-state index contributed by atoms with van der Waals surface area (Å²) in [6.45, 7) is 1.63. The van der Waals surface area contributed by atoms with Gasteiger partial charge in [0.15, 0.2) is 6.10 Å². The van der Waals surface area contributed by atoms with Gasteiger partial charge < -0.3 is 10.1 Å². The summed E-state index contributed by atoms with van der Waals surface area (Å²) in [7, 11) is 0. The van der Waals surface area contributed by atoms with E-state index in [9.17, 15) is 14.4 Å². The summed E-state index contributed by atoms with van der Waals surface area (Å²) < 4.78 is 5.53. The molecule has 0 aliphatic carbocycles. The number of rotatable bonds is 1. The number of nitrogens with zero attached hydrogens (tertiary/aromatic N) is 1. The van der Waals surface area contributed by atoms with Crippen LogP contribution in [0.1, 0.15) is 27.6 Å². The van der Waals surface area contributed by atoms with Crippen LogP contribution >= 0.6 is 0 Å². The van der Waals surface area contributed by atoms with Crippen molar-refractivity contribution in [1.82, 2.24) is 0 Å². The maximum absolute atomic E-state index is 12.6. The molecular weight excluding hydrogens is 296 g/mol. The van der Waals surface area contributed by atoms with E-state index in [2.05, 4.69) is 5.32 Å². The third-order valence-electron chi connectivity index (χ3n) is 3.96. The molecule has 6 nitrogen and oxygen atoms in total. The number of fused-ring (bicyclic) bond motifs is 2. The minimum atomic E-state index is -0.625. The molecule has 23 heavy (non-hydrogen) atoms. The van der Waals surface area contributed by atoms with E-state index < -0.39 is 17.9 Å². The number of nitrogens with one attached hydrogen (secondary N) is 1. The van der Waals surface area contributed by atoms with Crippen molar-refractivity contribution in [1.29, 1.82) is 0 Å². The second-order valence-electron chi connectivity index (χ2n) is 5.39. The highest BCUT2D eigenvalue weighted by Crippen LogP contribution is 2.41. The number of imide groups is 1. The molecule has 1 atom stereocenters. The van der Waals surface area contributed by atoms with Gasteiger partial charge in [-0.15, -0.1) is 0 Å². The van der Waals surface area contributed by atoms with Crippen molar-refractivity contribution < 1.29 is 19.1 Å². The van der Waals surface area contributed by atoms with E-state index in [1.165, 1.54) is 0 Å². The Labute approximate surface area is 131 Å². The molecule has 0 aromatic heterocycles. The first kappa shape index (κ1) is 13.5. The zero-order chi connectivity index (χ0) is 16.1. The maximum Gasteiger partial charge on any atom is 0.266 e. The fraction of sp³-hybridized carbons (Fsp3) is 0.118. The Morgan fingerprint density at radius 3 is 2.26 bits per heavy atom. The average Bonchev–Trinajstić information content (AvgIpc) is 2.80. The molecule has 1 N–H and O–H groups in total. The fourth-order valence-electron chi connectivity index (χ4n) is 2.81. The lowest BCUT2D eigenvalue weighted by Gasteiger charge is -2.27. The molecule has 2 heterocycles. The van der Waals surface area contributed by atoms with Gasteiger partial charge in [0.1, 0.15) is 11.4 Å². The van der Waals surface area contributed by atoms with Gasteiger partial charge in [-0.2, -0.15) is 0 Å². The highest BCUT2D eigenvalue weighted by Gasteiger charge is 2.39. The Kier molecular flexibility index (Phi) is 2.74. The summed E-state index contributed by atoms with van der Waals surface area (Å²) in [4.78, 5) is 38.1. The molecular formula is C17H12N2O4. The van der Waals surface area contributed by atoms with E-state index in [1.54, 1.807) is 49.4 Å². The number of ether oxygens (including phenoxy) is 1. The van der Waals surface area contributed by atoms with Crippen LogP contribution in [0.15, 0.2) is 42.5 Å². The van der Waals surface area contributed by atoms with Crippen molar-refractivity contribution >= 4 is 29.1 Å². The average molecular weight is 308 g/mol. The van der Waals surface area contributed by atoms with Crippen LogP contribution in [-0.2, 0) is 4.79 Å². The molecule has 0 saturated heterocycles. The predicted molar refractivity (Wildman–Crippen MR) is 82.7 cm³/mol. The predicted octanol–water partition coefficient (Wildman–Crippen LogP) is 2.21. The Morgan fingerprint density at radius 1 is 0.957 bits per heavy atom. The molecule has 0 saturated carbocycles. The van der Waals surface area contributed by atoms with Gasteiger partial charge in [0.05, 0.1) is 16.8 Å². The molecule has 0 radical (unpaired) electrons. The first-order chi connectivity index (χ1) is 11.1. The minimum Gasteiger partial charge on any atom is -0.479 e. The summed E-state index contributed by atoms with van der Waals surface area (Å²) in [6, 6.07) is 11.6. The molecule has 4 rings (SSSR count). The van der Waals surface area contributed by atoms with Crippen LogP contribution in [0.2, 0.25) is 0 Å². The Bertz CT molecular complexity index is 840. The van der Waals surface area contributed by atoms with Gasteiger partial charge >= 0.3 is 0 Å². The molecule has 0 spiro atoms. The summed E-state index contributed by atoms with van der Waals surface area (Å²) in [5.41, 5.74) is 1.36. The van der Waals surface area contributed by atoms with Crippen molar-refractivity contribution in [3.63, 3.8) is 0 Å². The minimum absolute atomic E-state index is 0.314. The highest BCUT2D eigenvalue weighted by atomic mass is 16.5. The van der Waals surface area contributed by atoms with Crippen LogP contribution in [0, 0.1) is 0 Å². The number of carbonyl (C=O) groups is 3. The molecule has 1 unspecified atom stereocenters. The molecule has 3 amide bonds. The molecule has 2 aromatic carbocycles. The number of para-hydroxylation sites is 1. The molecule has 2 aliphatic heterocycles. The third-order valence-corrected chi connectivity index (χ3v) is 3.96. The van der Waals surface area contributed by atoms with Gasteiger partial charge in [-0.1, -0.05) is 18.2 Å². The van der Waals surface area contributed by atoms with E-state index in [4.69, 9.17) is 4.74 Å². The van der Waals surface area contributed by atoms with Gasteiger partial charge in [0.2, 0.25) is 0 Å². The van der Waals surface area contributed by atoms with Crippen LogP contribution in [0.4, 0.5) is 11.4 Å². The van der Waals surface area contributed by atoms with E-state index in [0.717, 1.165) is 4.90 Å². The first-order valence-electron chi connectivity index (χ1n) is 7.16. The molecule has 114 valence electrons. The number of amides is 3. The summed E-state index contributed by atoms with van der Waals surface area (Å²) >= 11 is 0. The Hall–Kier alpha value is -3.15. The SMILES string of the molecule is CC1Oc2cccc(N3C(=O)c4ccccc4C3=O)c2NC1=O. The molecule has 0 fully saturated rings. The molecule has 2 aromatic rings.